The van der Waals surface area contributed by atoms with E-state index in [1.807, 2.05) is 56.3 Å². The summed E-state index contributed by atoms with van der Waals surface area (Å²) in [7, 11) is 0. The highest BCUT2D eigenvalue weighted by Crippen LogP contribution is 2.24. The van der Waals surface area contributed by atoms with Crippen molar-refractivity contribution >= 4 is 17.3 Å². The van der Waals surface area contributed by atoms with Crippen LogP contribution in [0.2, 0.25) is 0 Å². The summed E-state index contributed by atoms with van der Waals surface area (Å²) in [6.07, 6.45) is 1.68. The number of hydrogen-bond donors (Lipinski definition) is 2. The average Bonchev–Trinajstić information content (AvgIpc) is 2.55. The lowest BCUT2D eigenvalue weighted by atomic mass is 10.1. The Labute approximate surface area is 137 Å². The van der Waals surface area contributed by atoms with Crippen molar-refractivity contribution in [1.29, 1.82) is 0 Å². The number of rotatable bonds is 7. The highest BCUT2D eigenvalue weighted by atomic mass is 16.5. The second kappa shape index (κ2) is 8.03. The Kier molecular flexibility index (Phi) is 5.80. The molecule has 0 fully saturated rings. The fourth-order valence-electron chi connectivity index (χ4n) is 2.26. The van der Waals surface area contributed by atoms with Crippen molar-refractivity contribution in [3.63, 3.8) is 0 Å². The molecule has 0 aromatic heterocycles. The highest BCUT2D eigenvalue weighted by molar-refractivity contribution is 5.95. The summed E-state index contributed by atoms with van der Waals surface area (Å²) in [6, 6.07) is 13.5. The van der Waals surface area contributed by atoms with Crippen LogP contribution in [0.3, 0.4) is 0 Å². The van der Waals surface area contributed by atoms with Gasteiger partial charge in [-0.1, -0.05) is 43.0 Å². The van der Waals surface area contributed by atoms with E-state index in [-0.39, 0.29) is 12.5 Å². The molecule has 1 amide bonds. The third-order valence-corrected chi connectivity index (χ3v) is 3.43. The Morgan fingerprint density at radius 1 is 1.13 bits per heavy atom. The predicted molar refractivity (Wildman–Crippen MR) is 95.2 cm³/mol. The van der Waals surface area contributed by atoms with Gasteiger partial charge in [-0.15, -0.1) is 0 Å². The first-order valence-corrected chi connectivity index (χ1v) is 7.54. The minimum Gasteiger partial charge on any atom is -0.487 e. The van der Waals surface area contributed by atoms with Crippen LogP contribution in [-0.2, 0) is 4.79 Å². The van der Waals surface area contributed by atoms with Gasteiger partial charge in [0.15, 0.2) is 0 Å². The zero-order chi connectivity index (χ0) is 16.7. The first kappa shape index (κ1) is 16.6. The fourth-order valence-corrected chi connectivity index (χ4v) is 2.26. The minimum atomic E-state index is -0.0964. The lowest BCUT2D eigenvalue weighted by Crippen LogP contribution is -2.23. The molecule has 0 aliphatic carbocycles. The largest absolute Gasteiger partial charge is 0.487 e. The molecule has 0 aliphatic rings. The van der Waals surface area contributed by atoms with E-state index in [4.69, 9.17) is 4.74 Å². The maximum atomic E-state index is 12.2. The molecule has 0 heterocycles. The zero-order valence-electron chi connectivity index (χ0n) is 13.6. The number of hydrogen-bond acceptors (Lipinski definition) is 3. The van der Waals surface area contributed by atoms with E-state index in [1.165, 1.54) is 0 Å². The van der Waals surface area contributed by atoms with Crippen molar-refractivity contribution in [1.82, 2.24) is 0 Å². The Balaban J connectivity index is 1.98. The molecule has 0 saturated carbocycles. The van der Waals surface area contributed by atoms with Crippen LogP contribution in [0.15, 0.2) is 55.1 Å². The number of nitrogens with one attached hydrogen (secondary N) is 2. The second-order valence-corrected chi connectivity index (χ2v) is 5.26. The van der Waals surface area contributed by atoms with Crippen LogP contribution in [0.25, 0.3) is 0 Å². The quantitative estimate of drug-likeness (QED) is 0.762. The van der Waals surface area contributed by atoms with Crippen molar-refractivity contribution in [3.05, 3.63) is 66.2 Å². The normalized spacial score (nSPS) is 10.0. The number of ether oxygens (including phenoxy) is 1. The van der Waals surface area contributed by atoms with E-state index in [0.29, 0.717) is 12.4 Å². The first-order valence-electron chi connectivity index (χ1n) is 7.54. The van der Waals surface area contributed by atoms with E-state index >= 15 is 0 Å². The lowest BCUT2D eigenvalue weighted by molar-refractivity contribution is -0.114. The number of carbonyl (C=O) groups is 1. The topological polar surface area (TPSA) is 50.4 Å². The lowest BCUT2D eigenvalue weighted by Gasteiger charge is -2.14. The van der Waals surface area contributed by atoms with Gasteiger partial charge in [0.2, 0.25) is 5.91 Å². The van der Waals surface area contributed by atoms with E-state index in [1.54, 1.807) is 6.08 Å². The molecular weight excluding hydrogens is 288 g/mol. The number of para-hydroxylation sites is 3. The molecule has 0 bridgehead atoms. The smallest absolute Gasteiger partial charge is 0.243 e. The van der Waals surface area contributed by atoms with Gasteiger partial charge in [0, 0.05) is 5.69 Å². The van der Waals surface area contributed by atoms with Crippen LogP contribution in [0.5, 0.6) is 5.75 Å². The first-order chi connectivity index (χ1) is 11.1. The summed E-state index contributed by atoms with van der Waals surface area (Å²) in [5, 5.41) is 6.06. The van der Waals surface area contributed by atoms with Gasteiger partial charge in [-0.05, 0) is 37.1 Å². The molecule has 0 saturated heterocycles. The van der Waals surface area contributed by atoms with Gasteiger partial charge in [-0.3, -0.25) is 4.79 Å². The Hall–Kier alpha value is -2.75. The monoisotopic (exact) mass is 310 g/mol. The van der Waals surface area contributed by atoms with Gasteiger partial charge >= 0.3 is 0 Å². The summed E-state index contributed by atoms with van der Waals surface area (Å²) in [6.45, 7) is 8.19. The van der Waals surface area contributed by atoms with Crippen LogP contribution in [0, 0.1) is 13.8 Å². The summed E-state index contributed by atoms with van der Waals surface area (Å²) in [5.74, 6) is 0.605. The van der Waals surface area contributed by atoms with Gasteiger partial charge in [0.25, 0.3) is 0 Å². The second-order valence-electron chi connectivity index (χ2n) is 5.26. The predicted octanol–water partition coefficient (Wildman–Crippen LogP) is 3.92. The van der Waals surface area contributed by atoms with Gasteiger partial charge < -0.3 is 15.4 Å². The maximum absolute atomic E-state index is 12.2. The standard InChI is InChI=1S/C19H22N2O2/c1-4-12-23-17-11-6-5-10-16(17)20-13-18(22)21-19-14(2)8-7-9-15(19)3/h4-11,20H,1,12-13H2,2-3H3,(H,21,22). The molecule has 23 heavy (non-hydrogen) atoms. The van der Waals surface area contributed by atoms with Crippen LogP contribution >= 0.6 is 0 Å². The Bertz CT molecular complexity index is 675. The molecule has 4 nitrogen and oxygen atoms in total. The molecule has 4 heteroatoms. The molecule has 0 spiro atoms. The summed E-state index contributed by atoms with van der Waals surface area (Å²) in [4.78, 5) is 12.2. The van der Waals surface area contributed by atoms with Crippen molar-refractivity contribution < 1.29 is 9.53 Å². The van der Waals surface area contributed by atoms with Gasteiger partial charge in [-0.2, -0.15) is 0 Å². The van der Waals surface area contributed by atoms with Crippen molar-refractivity contribution in [3.8, 4) is 5.75 Å². The van der Waals surface area contributed by atoms with Gasteiger partial charge in [-0.25, -0.2) is 0 Å². The third-order valence-electron chi connectivity index (χ3n) is 3.43. The number of carbonyl (C=O) groups excluding carboxylic acids is 1. The van der Waals surface area contributed by atoms with Crippen molar-refractivity contribution in [2.45, 2.75) is 13.8 Å². The van der Waals surface area contributed by atoms with Gasteiger partial charge in [0.05, 0.1) is 12.2 Å². The number of amides is 1. The molecule has 2 N–H and O–H groups in total. The summed E-state index contributed by atoms with van der Waals surface area (Å²) < 4.78 is 5.56. The number of anilines is 2. The van der Waals surface area contributed by atoms with Crippen molar-refractivity contribution in [2.24, 2.45) is 0 Å². The number of aryl methyl sites for hydroxylation is 2. The van der Waals surface area contributed by atoms with E-state index in [2.05, 4.69) is 17.2 Å². The highest BCUT2D eigenvalue weighted by Gasteiger charge is 2.08. The zero-order valence-corrected chi connectivity index (χ0v) is 13.6. The molecule has 2 aromatic carbocycles. The Morgan fingerprint density at radius 2 is 1.83 bits per heavy atom. The average molecular weight is 310 g/mol. The minimum absolute atomic E-state index is 0.0964. The molecule has 0 unspecified atom stereocenters. The van der Waals surface area contributed by atoms with Gasteiger partial charge in [0.1, 0.15) is 12.4 Å². The van der Waals surface area contributed by atoms with Crippen LogP contribution in [-0.4, -0.2) is 19.1 Å². The molecular formula is C19H22N2O2. The van der Waals surface area contributed by atoms with Crippen LogP contribution in [0.1, 0.15) is 11.1 Å². The van der Waals surface area contributed by atoms with Crippen LogP contribution in [0.4, 0.5) is 11.4 Å². The van der Waals surface area contributed by atoms with Crippen molar-refractivity contribution in [2.75, 3.05) is 23.8 Å². The fraction of sp³-hybridized carbons (Fsp3) is 0.211. The third kappa shape index (κ3) is 4.61. The molecule has 0 radical (unpaired) electrons. The molecule has 120 valence electrons. The molecule has 0 aliphatic heterocycles. The van der Waals surface area contributed by atoms with Crippen LogP contribution < -0.4 is 15.4 Å². The molecule has 2 aromatic rings. The molecule has 2 rings (SSSR count). The maximum Gasteiger partial charge on any atom is 0.243 e. The SMILES string of the molecule is C=CCOc1ccccc1NCC(=O)Nc1c(C)cccc1C. The summed E-state index contributed by atoms with van der Waals surface area (Å²) in [5.41, 5.74) is 3.75. The molecule has 0 atom stereocenters. The number of benzene rings is 2. The summed E-state index contributed by atoms with van der Waals surface area (Å²) >= 11 is 0. The van der Waals surface area contributed by atoms with E-state index < -0.39 is 0 Å². The van der Waals surface area contributed by atoms with E-state index in [9.17, 15) is 4.79 Å². The van der Waals surface area contributed by atoms with E-state index in [0.717, 1.165) is 22.5 Å². The Morgan fingerprint density at radius 3 is 2.52 bits per heavy atom.